The third-order valence-corrected chi connectivity index (χ3v) is 6.78. The zero-order valence-corrected chi connectivity index (χ0v) is 17.8. The van der Waals surface area contributed by atoms with Crippen LogP contribution in [-0.4, -0.2) is 49.1 Å². The average Bonchev–Trinajstić information content (AvgIpc) is 2.69. The number of carbonyl (C=O) groups is 1. The van der Waals surface area contributed by atoms with Crippen LogP contribution in [0.1, 0.15) is 24.1 Å². The van der Waals surface area contributed by atoms with Gasteiger partial charge in [0.25, 0.3) is 0 Å². The van der Waals surface area contributed by atoms with Crippen molar-refractivity contribution in [2.75, 3.05) is 11.5 Å². The van der Waals surface area contributed by atoms with E-state index in [-0.39, 0.29) is 6.42 Å². The fraction of sp³-hybridized carbons (Fsp3) is 0.400. The average molecular weight is 477 g/mol. The lowest BCUT2D eigenvalue weighted by molar-refractivity contribution is -0.268. The minimum atomic E-state index is -5.18. The van der Waals surface area contributed by atoms with Gasteiger partial charge in [-0.15, -0.1) is 0 Å². The van der Waals surface area contributed by atoms with Gasteiger partial charge in [-0.05, 0) is 42.7 Å². The number of benzene rings is 1. The van der Waals surface area contributed by atoms with Gasteiger partial charge in [-0.2, -0.15) is 13.2 Å². The molecule has 2 unspecified atom stereocenters. The fourth-order valence-corrected chi connectivity index (χ4v) is 4.48. The van der Waals surface area contributed by atoms with Gasteiger partial charge in [0.1, 0.15) is 11.9 Å². The van der Waals surface area contributed by atoms with Crippen molar-refractivity contribution in [3.05, 3.63) is 53.6 Å². The van der Waals surface area contributed by atoms with Crippen molar-refractivity contribution in [2.45, 2.75) is 37.6 Å². The molecule has 12 heteroatoms. The number of carboxylic acids is 1. The van der Waals surface area contributed by atoms with Gasteiger partial charge in [-0.1, -0.05) is 12.1 Å². The highest BCUT2D eigenvalue weighted by Gasteiger charge is 2.56. The zero-order chi connectivity index (χ0) is 24.3. The molecule has 2 rings (SSSR count). The Bertz CT molecular complexity index is 1080. The van der Waals surface area contributed by atoms with Crippen LogP contribution in [0.3, 0.4) is 0 Å². The smallest absolute Gasteiger partial charge is 0.423 e. The summed E-state index contributed by atoms with van der Waals surface area (Å²) >= 11 is 0. The summed E-state index contributed by atoms with van der Waals surface area (Å²) in [4.78, 5) is 14.5. The number of carboxylic acid groups (broad SMARTS) is 1. The van der Waals surface area contributed by atoms with Crippen LogP contribution < -0.4 is 5.73 Å². The molecule has 0 radical (unpaired) electrons. The van der Waals surface area contributed by atoms with Crippen LogP contribution in [0.2, 0.25) is 0 Å². The predicted octanol–water partition coefficient (Wildman–Crippen LogP) is 3.18. The SMILES string of the molecule is Cc1cc(F)ccc1-c1ccc(C(O)(CCS(=N)(=O)CC[C@H](N)C(=O)O)C(F)(F)F)nc1. The Labute approximate surface area is 182 Å². The molecule has 3 atom stereocenters. The Hall–Kier alpha value is -2.57. The first kappa shape index (κ1) is 25.7. The molecule has 0 saturated heterocycles. The molecule has 0 saturated carbocycles. The van der Waals surface area contributed by atoms with Gasteiger partial charge in [0.05, 0.1) is 5.69 Å². The van der Waals surface area contributed by atoms with Crippen LogP contribution in [0.5, 0.6) is 0 Å². The normalized spacial score (nSPS) is 16.7. The summed E-state index contributed by atoms with van der Waals surface area (Å²) in [6, 6.07) is 4.78. The Morgan fingerprint density at radius 1 is 1.25 bits per heavy atom. The molecule has 1 aromatic heterocycles. The number of nitrogens with one attached hydrogen (secondary N) is 1. The Morgan fingerprint density at radius 2 is 1.91 bits per heavy atom. The number of aryl methyl sites for hydroxylation is 1. The van der Waals surface area contributed by atoms with E-state index in [0.29, 0.717) is 16.7 Å². The second kappa shape index (κ2) is 9.51. The van der Waals surface area contributed by atoms with E-state index in [1.165, 1.54) is 24.3 Å². The standard InChI is InChI=1S/C20H23F4N3O4S/c1-12-10-14(21)3-4-15(12)13-2-5-17(27-11-13)19(30,20(22,23)24)7-9-32(26,31)8-6-16(25)18(28)29/h2-5,10-11,16,26,30H,6-9,25H2,1H3,(H,28,29)/t16-,19?,32?/m0/s1. The first-order chi connectivity index (χ1) is 14.7. The third-order valence-electron chi connectivity index (χ3n) is 5.03. The van der Waals surface area contributed by atoms with Gasteiger partial charge in [-0.3, -0.25) is 14.6 Å². The Balaban J connectivity index is 2.26. The van der Waals surface area contributed by atoms with Crippen LogP contribution >= 0.6 is 0 Å². The molecule has 0 aliphatic heterocycles. The number of hydrogen-bond donors (Lipinski definition) is 4. The molecule has 0 aliphatic rings. The molecule has 0 fully saturated rings. The monoisotopic (exact) mass is 477 g/mol. The highest BCUT2D eigenvalue weighted by Crippen LogP contribution is 2.41. The molecule has 32 heavy (non-hydrogen) atoms. The lowest BCUT2D eigenvalue weighted by atomic mass is 9.93. The van der Waals surface area contributed by atoms with Gasteiger partial charge in [0, 0.05) is 39.4 Å². The molecule has 0 aliphatic carbocycles. The summed E-state index contributed by atoms with van der Waals surface area (Å²) < 4.78 is 74.5. The molecular weight excluding hydrogens is 454 g/mol. The fourth-order valence-electron chi connectivity index (χ4n) is 3.02. The first-order valence-electron chi connectivity index (χ1n) is 9.41. The summed E-state index contributed by atoms with van der Waals surface area (Å²) in [6.45, 7) is 1.62. The number of rotatable bonds is 9. The summed E-state index contributed by atoms with van der Waals surface area (Å²) in [6.07, 6.45) is -5.54. The lowest BCUT2D eigenvalue weighted by Gasteiger charge is -2.30. The number of aliphatic hydroxyl groups is 1. The Morgan fingerprint density at radius 3 is 2.41 bits per heavy atom. The number of nitrogens with two attached hydrogens (primary N) is 1. The zero-order valence-electron chi connectivity index (χ0n) is 17.0. The van der Waals surface area contributed by atoms with Crippen LogP contribution in [0.15, 0.2) is 36.5 Å². The number of hydrogen-bond acceptors (Lipinski definition) is 6. The topological polar surface area (TPSA) is 137 Å². The summed E-state index contributed by atoms with van der Waals surface area (Å²) in [5, 5.41) is 19.2. The highest BCUT2D eigenvalue weighted by atomic mass is 32.2. The van der Waals surface area contributed by atoms with Crippen LogP contribution in [0.4, 0.5) is 17.6 Å². The third kappa shape index (κ3) is 6.02. The number of halogens is 4. The van der Waals surface area contributed by atoms with E-state index in [2.05, 4.69) is 4.98 Å². The molecule has 1 heterocycles. The van der Waals surface area contributed by atoms with Gasteiger partial charge < -0.3 is 15.9 Å². The second-order valence-corrected chi connectivity index (χ2v) is 9.89. The quantitative estimate of drug-likeness (QED) is 0.410. The molecule has 5 N–H and O–H groups in total. The lowest BCUT2D eigenvalue weighted by Crippen LogP contribution is -2.44. The van der Waals surface area contributed by atoms with Crippen molar-refractivity contribution in [3.63, 3.8) is 0 Å². The maximum absolute atomic E-state index is 13.7. The molecule has 0 amide bonds. The molecular formula is C20H23F4N3O4S. The molecule has 2 aromatic rings. The largest absolute Gasteiger partial charge is 0.480 e. The van der Waals surface area contributed by atoms with Crippen molar-refractivity contribution < 1.29 is 36.8 Å². The van der Waals surface area contributed by atoms with Crippen molar-refractivity contribution in [3.8, 4) is 11.1 Å². The summed E-state index contributed by atoms with van der Waals surface area (Å²) in [5.74, 6) is -3.21. The van der Waals surface area contributed by atoms with E-state index in [0.717, 1.165) is 12.3 Å². The minimum absolute atomic E-state index is 0.355. The molecule has 0 bridgehead atoms. The number of alkyl halides is 3. The van der Waals surface area contributed by atoms with E-state index in [1.807, 2.05) is 0 Å². The van der Waals surface area contributed by atoms with Crippen molar-refractivity contribution in [2.24, 2.45) is 5.73 Å². The van der Waals surface area contributed by atoms with Crippen LogP contribution in [0.25, 0.3) is 11.1 Å². The number of aliphatic carboxylic acids is 1. The van der Waals surface area contributed by atoms with Crippen molar-refractivity contribution in [1.29, 1.82) is 4.78 Å². The molecule has 176 valence electrons. The minimum Gasteiger partial charge on any atom is -0.480 e. The number of aromatic nitrogens is 1. The maximum Gasteiger partial charge on any atom is 0.423 e. The van der Waals surface area contributed by atoms with Crippen molar-refractivity contribution in [1.82, 2.24) is 4.98 Å². The van der Waals surface area contributed by atoms with Crippen LogP contribution in [0, 0.1) is 17.5 Å². The van der Waals surface area contributed by atoms with E-state index in [4.69, 9.17) is 15.6 Å². The van der Waals surface area contributed by atoms with Gasteiger partial charge in [-0.25, -0.2) is 8.60 Å². The van der Waals surface area contributed by atoms with Crippen LogP contribution in [-0.2, 0) is 20.1 Å². The highest BCUT2D eigenvalue weighted by molar-refractivity contribution is 7.92. The van der Waals surface area contributed by atoms with Gasteiger partial charge >= 0.3 is 12.1 Å². The van der Waals surface area contributed by atoms with Gasteiger partial charge in [0.15, 0.2) is 0 Å². The Kier molecular flexibility index (Phi) is 7.63. The summed E-state index contributed by atoms with van der Waals surface area (Å²) in [7, 11) is -3.64. The van der Waals surface area contributed by atoms with E-state index < -0.39 is 63.0 Å². The number of pyridine rings is 1. The number of nitrogens with zero attached hydrogens (tertiary/aromatic N) is 1. The van der Waals surface area contributed by atoms with E-state index in [9.17, 15) is 31.7 Å². The summed E-state index contributed by atoms with van der Waals surface area (Å²) in [5.41, 5.74) is 2.56. The van der Waals surface area contributed by atoms with E-state index in [1.54, 1.807) is 6.92 Å². The van der Waals surface area contributed by atoms with E-state index >= 15 is 0 Å². The molecule has 0 spiro atoms. The molecule has 1 aromatic carbocycles. The van der Waals surface area contributed by atoms with Gasteiger partial charge in [0.2, 0.25) is 5.60 Å². The maximum atomic E-state index is 13.7. The predicted molar refractivity (Wildman–Crippen MR) is 110 cm³/mol. The van der Waals surface area contributed by atoms with Crippen molar-refractivity contribution >= 4 is 15.7 Å². The molecule has 7 nitrogen and oxygen atoms in total. The second-order valence-electron chi connectivity index (χ2n) is 7.45. The first-order valence-corrected chi connectivity index (χ1v) is 11.3.